The molecule has 2 aromatic carbocycles. The summed E-state index contributed by atoms with van der Waals surface area (Å²) in [6.07, 6.45) is 15.2. The summed E-state index contributed by atoms with van der Waals surface area (Å²) in [6.45, 7) is 13.7. The summed E-state index contributed by atoms with van der Waals surface area (Å²) < 4.78 is 12.3. The van der Waals surface area contributed by atoms with Crippen molar-refractivity contribution in [1.82, 2.24) is 9.80 Å². The van der Waals surface area contributed by atoms with E-state index in [4.69, 9.17) is 9.47 Å². The Morgan fingerprint density at radius 3 is 1.83 bits per heavy atom. The molecule has 0 bridgehead atoms. The number of hydrogen-bond acceptors (Lipinski definition) is 5. The number of aliphatic hydroxyl groups excluding tert-OH is 1. The molecule has 5 heteroatoms. The number of fused-ring (bicyclic) bond motifs is 5. The van der Waals surface area contributed by atoms with Crippen molar-refractivity contribution in [1.29, 1.82) is 0 Å². The van der Waals surface area contributed by atoms with E-state index in [1.54, 1.807) is 0 Å². The summed E-state index contributed by atoms with van der Waals surface area (Å²) in [5.74, 6) is 5.97. The molecule has 0 aromatic heterocycles. The Morgan fingerprint density at radius 1 is 0.667 bits per heavy atom. The molecule has 1 N–H and O–H groups in total. The molecule has 2 aliphatic heterocycles. The zero-order valence-electron chi connectivity index (χ0n) is 30.0. The highest BCUT2D eigenvalue weighted by atomic mass is 16.5. The van der Waals surface area contributed by atoms with E-state index in [1.807, 2.05) is 0 Å². The fraction of sp³-hybridized carbons (Fsp3) is 0.721. The van der Waals surface area contributed by atoms with Crippen molar-refractivity contribution < 1.29 is 14.6 Å². The lowest BCUT2D eigenvalue weighted by Crippen LogP contribution is -2.55. The van der Waals surface area contributed by atoms with Gasteiger partial charge in [-0.15, -0.1) is 0 Å². The molecule has 4 aliphatic carbocycles. The van der Waals surface area contributed by atoms with E-state index in [-0.39, 0.29) is 17.4 Å². The van der Waals surface area contributed by atoms with Crippen molar-refractivity contribution >= 4 is 0 Å². The predicted molar refractivity (Wildman–Crippen MR) is 194 cm³/mol. The summed E-state index contributed by atoms with van der Waals surface area (Å²) >= 11 is 0. The van der Waals surface area contributed by atoms with Gasteiger partial charge >= 0.3 is 0 Å². The third-order valence-corrected chi connectivity index (χ3v) is 15.1. The van der Waals surface area contributed by atoms with Crippen molar-refractivity contribution in [3.8, 4) is 11.5 Å². The van der Waals surface area contributed by atoms with Gasteiger partial charge in [-0.2, -0.15) is 0 Å². The van der Waals surface area contributed by atoms with Crippen molar-refractivity contribution in [2.75, 3.05) is 52.5 Å². The minimum absolute atomic E-state index is 0.246. The topological polar surface area (TPSA) is 45.2 Å². The smallest absolute Gasteiger partial charge is 0.119 e. The normalized spacial score (nSPS) is 38.4. The van der Waals surface area contributed by atoms with Gasteiger partial charge in [-0.25, -0.2) is 0 Å². The number of nitrogens with zero attached hydrogens (tertiary/aromatic N) is 2. The number of hydrogen-bond donors (Lipinski definition) is 1. The first-order valence-electron chi connectivity index (χ1n) is 20.0. The Kier molecular flexibility index (Phi) is 9.59. The third-order valence-electron chi connectivity index (χ3n) is 15.1. The van der Waals surface area contributed by atoms with Crippen molar-refractivity contribution in [2.45, 2.75) is 109 Å². The molecule has 2 aromatic rings. The minimum atomic E-state index is -0.257. The highest BCUT2D eigenvalue weighted by Crippen LogP contribution is 2.69. The average Bonchev–Trinajstić information content (AvgIpc) is 3.87. The van der Waals surface area contributed by atoms with Crippen LogP contribution < -0.4 is 9.47 Å². The minimum Gasteiger partial charge on any atom is -0.492 e. The van der Waals surface area contributed by atoms with E-state index < -0.39 is 0 Å². The van der Waals surface area contributed by atoms with Crippen LogP contribution in [0.15, 0.2) is 48.5 Å². The lowest BCUT2D eigenvalue weighted by atomic mass is 9.43. The quantitative estimate of drug-likeness (QED) is 0.278. The molecule has 6 aliphatic rings. The Bertz CT molecular complexity index is 1350. The number of rotatable bonds is 10. The van der Waals surface area contributed by atoms with Gasteiger partial charge in [0, 0.05) is 19.0 Å². The van der Waals surface area contributed by atoms with E-state index in [2.05, 4.69) is 72.2 Å². The van der Waals surface area contributed by atoms with Crippen LogP contribution in [0.1, 0.15) is 114 Å². The highest BCUT2D eigenvalue weighted by Gasteiger charge is 2.61. The maximum absolute atomic E-state index is 11.8. The van der Waals surface area contributed by atoms with Crippen LogP contribution in [0.25, 0.3) is 0 Å². The first kappa shape index (κ1) is 33.1. The number of benzene rings is 2. The van der Waals surface area contributed by atoms with Crippen LogP contribution in [-0.2, 0) is 0 Å². The van der Waals surface area contributed by atoms with Gasteiger partial charge in [-0.05, 0) is 179 Å². The summed E-state index contributed by atoms with van der Waals surface area (Å²) in [7, 11) is 0. The summed E-state index contributed by atoms with van der Waals surface area (Å²) in [6, 6.07) is 18.0. The van der Waals surface area contributed by atoms with Gasteiger partial charge in [0.2, 0.25) is 0 Å². The maximum atomic E-state index is 11.8. The SMILES string of the molecule is C[C@]12CC(O)C(c3ccc(OCCN4CCCC4)cc3)CC1CC[C@@H]1[C@H]2CC[C@]2(C)C(c3ccc(OCCN4CCCC4)cc3)CC[C@@H]12. The molecule has 9 atom stereocenters. The summed E-state index contributed by atoms with van der Waals surface area (Å²) in [5.41, 5.74) is 3.47. The second-order valence-electron chi connectivity index (χ2n) is 17.4. The van der Waals surface area contributed by atoms with E-state index >= 15 is 0 Å². The third kappa shape index (κ3) is 6.35. The van der Waals surface area contributed by atoms with Gasteiger partial charge in [0.05, 0.1) is 6.10 Å². The molecular formula is C43H62N2O3. The first-order chi connectivity index (χ1) is 23.4. The molecule has 5 nitrogen and oxygen atoms in total. The van der Waals surface area contributed by atoms with Gasteiger partial charge in [0.1, 0.15) is 24.7 Å². The van der Waals surface area contributed by atoms with Crippen LogP contribution in [0.5, 0.6) is 11.5 Å². The molecule has 2 heterocycles. The molecule has 2 saturated heterocycles. The van der Waals surface area contributed by atoms with E-state index in [9.17, 15) is 5.11 Å². The fourth-order valence-corrected chi connectivity index (χ4v) is 12.4. The van der Waals surface area contributed by atoms with Crippen molar-refractivity contribution in [3.05, 3.63) is 59.7 Å². The van der Waals surface area contributed by atoms with Crippen LogP contribution in [0.4, 0.5) is 0 Å². The Labute approximate surface area is 290 Å². The molecule has 0 amide bonds. The monoisotopic (exact) mass is 654 g/mol. The molecule has 48 heavy (non-hydrogen) atoms. The fourth-order valence-electron chi connectivity index (χ4n) is 12.4. The van der Waals surface area contributed by atoms with E-state index in [0.717, 1.165) is 68.4 Å². The molecule has 262 valence electrons. The number of likely N-dealkylation sites (tertiary alicyclic amines) is 2. The average molecular weight is 655 g/mol. The largest absolute Gasteiger partial charge is 0.492 e. The van der Waals surface area contributed by atoms with E-state index in [1.165, 1.54) is 102 Å². The molecule has 6 fully saturated rings. The standard InChI is InChI=1S/C43H62N2O3/c1-42-20-19-40-36(39(42)18-17-38(42)32-9-14-35(15-10-32)48-28-26-45-23-5-6-24-45)16-11-33-29-37(41(46)30-43(33,40)2)31-7-12-34(13-8-31)47-27-25-44-21-3-4-22-44/h7-10,12-15,33,36-41,46H,3-6,11,16-30H2,1-2H3/t33?,36-,37?,38?,39-,40+,41?,42+,43-/m0/s1. The van der Waals surface area contributed by atoms with Crippen molar-refractivity contribution in [2.24, 2.45) is 34.5 Å². The van der Waals surface area contributed by atoms with E-state index in [0.29, 0.717) is 17.3 Å². The molecule has 4 saturated carbocycles. The highest BCUT2D eigenvalue weighted by molar-refractivity contribution is 5.33. The summed E-state index contributed by atoms with van der Waals surface area (Å²) in [5, 5.41) is 11.8. The lowest BCUT2D eigenvalue weighted by Gasteiger charge is -2.62. The Hall–Kier alpha value is -2.08. The van der Waals surface area contributed by atoms with Crippen LogP contribution >= 0.6 is 0 Å². The predicted octanol–water partition coefficient (Wildman–Crippen LogP) is 8.52. The first-order valence-corrected chi connectivity index (χ1v) is 20.0. The van der Waals surface area contributed by atoms with Crippen molar-refractivity contribution in [3.63, 3.8) is 0 Å². The molecule has 0 spiro atoms. The van der Waals surface area contributed by atoms with Gasteiger partial charge in [0.25, 0.3) is 0 Å². The lowest BCUT2D eigenvalue weighted by molar-refractivity contribution is -0.132. The molecule has 4 unspecified atom stereocenters. The second kappa shape index (κ2) is 13.9. The second-order valence-corrected chi connectivity index (χ2v) is 17.4. The van der Waals surface area contributed by atoms with Gasteiger partial charge in [0.15, 0.2) is 0 Å². The summed E-state index contributed by atoms with van der Waals surface area (Å²) in [4.78, 5) is 5.03. The molecular weight excluding hydrogens is 592 g/mol. The van der Waals surface area contributed by atoms with Crippen LogP contribution in [0.2, 0.25) is 0 Å². The number of aliphatic hydroxyl groups is 1. The van der Waals surface area contributed by atoms with Crippen LogP contribution in [0.3, 0.4) is 0 Å². The zero-order valence-corrected chi connectivity index (χ0v) is 30.0. The van der Waals surface area contributed by atoms with Crippen LogP contribution in [-0.4, -0.2) is 73.5 Å². The van der Waals surface area contributed by atoms with Crippen LogP contribution in [0, 0.1) is 34.5 Å². The zero-order chi connectivity index (χ0) is 32.7. The molecule has 8 rings (SSSR count). The van der Waals surface area contributed by atoms with Gasteiger partial charge in [-0.3, -0.25) is 9.80 Å². The maximum Gasteiger partial charge on any atom is 0.119 e. The number of ether oxygens (including phenoxy) is 2. The molecule has 0 radical (unpaired) electrons. The van der Waals surface area contributed by atoms with Gasteiger partial charge in [-0.1, -0.05) is 38.1 Å². The van der Waals surface area contributed by atoms with Gasteiger partial charge < -0.3 is 14.6 Å². The Morgan fingerprint density at radius 2 is 1.23 bits per heavy atom. The Balaban J connectivity index is 0.881.